The number of nitrogens with one attached hydrogen (secondary N) is 1. The molecule has 2 aromatic carbocycles. The number of hydrogen-bond donors (Lipinski definition) is 1. The van der Waals surface area contributed by atoms with Gasteiger partial charge in [0.05, 0.1) is 6.54 Å². The van der Waals surface area contributed by atoms with Crippen LogP contribution in [0.4, 0.5) is 0 Å². The molecule has 2 unspecified atom stereocenters. The maximum atomic E-state index is 6.50. The summed E-state index contributed by atoms with van der Waals surface area (Å²) in [6, 6.07) is 13.0. The largest absolute Gasteiger partial charge is 0.345 e. The van der Waals surface area contributed by atoms with Gasteiger partial charge in [0, 0.05) is 27.2 Å². The molecule has 1 saturated heterocycles. The van der Waals surface area contributed by atoms with Gasteiger partial charge in [0.1, 0.15) is 24.5 Å². The summed E-state index contributed by atoms with van der Waals surface area (Å²) in [4.78, 5) is 4.02. The molecule has 1 N–H and O–H groups in total. The summed E-state index contributed by atoms with van der Waals surface area (Å²) in [6.07, 6.45) is 2.86. The second-order valence-corrected chi connectivity index (χ2v) is 7.42. The zero-order chi connectivity index (χ0) is 18.1. The summed E-state index contributed by atoms with van der Waals surface area (Å²) >= 11 is 18.6. The third-order valence-corrected chi connectivity index (χ3v) is 5.19. The average Bonchev–Trinajstić information content (AvgIpc) is 3.26. The van der Waals surface area contributed by atoms with Gasteiger partial charge in [-0.05, 0) is 29.8 Å². The van der Waals surface area contributed by atoms with Crippen LogP contribution in [0.2, 0.25) is 15.1 Å². The van der Waals surface area contributed by atoms with Crippen molar-refractivity contribution in [2.45, 2.75) is 18.4 Å². The van der Waals surface area contributed by atoms with E-state index >= 15 is 0 Å². The highest BCUT2D eigenvalue weighted by atomic mass is 35.5. The van der Waals surface area contributed by atoms with Crippen LogP contribution in [-0.4, -0.2) is 21.3 Å². The minimum Gasteiger partial charge on any atom is -0.345 e. The van der Waals surface area contributed by atoms with Gasteiger partial charge in [-0.3, -0.25) is 5.32 Å². The Kier molecular flexibility index (Phi) is 4.90. The number of aromatic nitrogens is 3. The van der Waals surface area contributed by atoms with Gasteiger partial charge < -0.3 is 4.74 Å². The van der Waals surface area contributed by atoms with Gasteiger partial charge in [-0.15, -0.1) is 0 Å². The first-order valence-electron chi connectivity index (χ1n) is 8.00. The predicted molar refractivity (Wildman–Crippen MR) is 101 cm³/mol. The fraction of sp³-hybridized carbons (Fsp3) is 0.222. The van der Waals surface area contributed by atoms with Crippen molar-refractivity contribution in [3.05, 3.63) is 81.3 Å². The smallest absolute Gasteiger partial charge is 0.137 e. The van der Waals surface area contributed by atoms with Crippen molar-refractivity contribution in [3.63, 3.8) is 0 Å². The lowest BCUT2D eigenvalue weighted by molar-refractivity contribution is -0.0575. The molecule has 3 aromatic rings. The second kappa shape index (κ2) is 7.18. The van der Waals surface area contributed by atoms with E-state index < -0.39 is 5.60 Å². The number of halogens is 3. The summed E-state index contributed by atoms with van der Waals surface area (Å²) in [5, 5.41) is 9.45. The minimum absolute atomic E-state index is 0.289. The predicted octanol–water partition coefficient (Wildman–Crippen LogP) is 4.45. The SMILES string of the molecule is Clc1ccc(C2NCC(Cn3cncn3)(c3ccc(Cl)cc3Cl)O2)cc1. The first-order valence-corrected chi connectivity index (χ1v) is 9.14. The lowest BCUT2D eigenvalue weighted by Gasteiger charge is -2.30. The van der Waals surface area contributed by atoms with Crippen molar-refractivity contribution >= 4 is 34.8 Å². The van der Waals surface area contributed by atoms with Crippen LogP contribution < -0.4 is 5.32 Å². The van der Waals surface area contributed by atoms with Gasteiger partial charge in [0.25, 0.3) is 0 Å². The molecular formula is C18H15Cl3N4O. The summed E-state index contributed by atoms with van der Waals surface area (Å²) in [7, 11) is 0. The van der Waals surface area contributed by atoms with E-state index in [9.17, 15) is 0 Å². The highest BCUT2D eigenvalue weighted by Crippen LogP contribution is 2.41. The Morgan fingerprint density at radius 3 is 2.58 bits per heavy atom. The van der Waals surface area contributed by atoms with Crippen molar-refractivity contribution in [1.29, 1.82) is 0 Å². The van der Waals surface area contributed by atoms with Gasteiger partial charge in [-0.25, -0.2) is 9.67 Å². The molecule has 1 fully saturated rings. The second-order valence-electron chi connectivity index (χ2n) is 6.14. The van der Waals surface area contributed by atoms with Gasteiger partial charge in [-0.2, -0.15) is 5.10 Å². The molecule has 0 amide bonds. The van der Waals surface area contributed by atoms with Crippen LogP contribution in [0.3, 0.4) is 0 Å². The first kappa shape index (κ1) is 17.8. The Bertz CT molecular complexity index is 901. The van der Waals surface area contributed by atoms with E-state index in [1.165, 1.54) is 6.33 Å². The van der Waals surface area contributed by atoms with Crippen LogP contribution in [0.1, 0.15) is 17.4 Å². The summed E-state index contributed by atoms with van der Waals surface area (Å²) in [5.41, 5.74) is 1.13. The van der Waals surface area contributed by atoms with Crippen LogP contribution in [-0.2, 0) is 16.9 Å². The minimum atomic E-state index is -0.709. The maximum absolute atomic E-state index is 6.50. The standard InChI is InChI=1S/C18H15Cl3N4O/c19-13-3-1-12(2-4-13)17-23-8-18(26-17,9-25-11-22-10-24-25)15-6-5-14(20)7-16(15)21/h1-7,10-11,17,23H,8-9H2. The third-order valence-electron chi connectivity index (χ3n) is 4.40. The molecule has 1 aliphatic rings. The van der Waals surface area contributed by atoms with E-state index in [0.29, 0.717) is 28.2 Å². The zero-order valence-electron chi connectivity index (χ0n) is 13.6. The Hall–Kier alpha value is -1.63. The highest BCUT2D eigenvalue weighted by molar-refractivity contribution is 6.35. The molecule has 0 bridgehead atoms. The van der Waals surface area contributed by atoms with E-state index in [-0.39, 0.29) is 6.23 Å². The fourth-order valence-electron chi connectivity index (χ4n) is 3.16. The lowest BCUT2D eigenvalue weighted by Crippen LogP contribution is -2.36. The van der Waals surface area contributed by atoms with Crippen molar-refractivity contribution in [2.75, 3.05) is 6.54 Å². The van der Waals surface area contributed by atoms with Gasteiger partial charge in [0.15, 0.2) is 0 Å². The molecule has 1 aliphatic heterocycles. The highest BCUT2D eigenvalue weighted by Gasteiger charge is 2.44. The Morgan fingerprint density at radius 1 is 1.12 bits per heavy atom. The third kappa shape index (κ3) is 3.46. The fourth-order valence-corrected chi connectivity index (χ4v) is 3.87. The first-order chi connectivity index (χ1) is 12.6. The quantitative estimate of drug-likeness (QED) is 0.691. The number of ether oxygens (including phenoxy) is 1. The molecule has 8 heteroatoms. The number of rotatable bonds is 4. The molecule has 4 rings (SSSR count). The molecule has 0 saturated carbocycles. The van der Waals surface area contributed by atoms with Crippen molar-refractivity contribution < 1.29 is 4.74 Å². The lowest BCUT2D eigenvalue weighted by atomic mass is 9.94. The van der Waals surface area contributed by atoms with Crippen LogP contribution in [0.5, 0.6) is 0 Å². The number of nitrogens with zero attached hydrogens (tertiary/aromatic N) is 3. The Labute approximate surface area is 165 Å². The van der Waals surface area contributed by atoms with E-state index in [1.807, 2.05) is 36.4 Å². The number of benzene rings is 2. The van der Waals surface area contributed by atoms with Gasteiger partial charge >= 0.3 is 0 Å². The molecule has 5 nitrogen and oxygen atoms in total. The summed E-state index contributed by atoms with van der Waals surface area (Å²) in [6.45, 7) is 1.02. The van der Waals surface area contributed by atoms with E-state index in [4.69, 9.17) is 39.5 Å². The van der Waals surface area contributed by atoms with Crippen LogP contribution >= 0.6 is 34.8 Å². The Balaban J connectivity index is 1.71. The summed E-state index contributed by atoms with van der Waals surface area (Å²) < 4.78 is 8.22. The van der Waals surface area contributed by atoms with Crippen molar-refractivity contribution in [3.8, 4) is 0 Å². The van der Waals surface area contributed by atoms with Crippen molar-refractivity contribution in [2.24, 2.45) is 0 Å². The normalized spacial score (nSPS) is 22.7. The summed E-state index contributed by atoms with van der Waals surface area (Å²) in [5.74, 6) is 0. The molecular weight excluding hydrogens is 395 g/mol. The maximum Gasteiger partial charge on any atom is 0.137 e. The molecule has 0 aliphatic carbocycles. The average molecular weight is 410 g/mol. The van der Waals surface area contributed by atoms with Crippen molar-refractivity contribution in [1.82, 2.24) is 20.1 Å². The Morgan fingerprint density at radius 2 is 1.88 bits per heavy atom. The van der Waals surface area contributed by atoms with Gasteiger partial charge in [-0.1, -0.05) is 53.0 Å². The molecule has 0 radical (unpaired) electrons. The molecule has 2 atom stereocenters. The van der Waals surface area contributed by atoms with Crippen LogP contribution in [0.15, 0.2) is 55.1 Å². The van der Waals surface area contributed by atoms with Gasteiger partial charge in [0.2, 0.25) is 0 Å². The number of hydrogen-bond acceptors (Lipinski definition) is 4. The molecule has 0 spiro atoms. The van der Waals surface area contributed by atoms with E-state index in [1.54, 1.807) is 17.1 Å². The van der Waals surface area contributed by atoms with Crippen LogP contribution in [0.25, 0.3) is 0 Å². The molecule has 26 heavy (non-hydrogen) atoms. The van der Waals surface area contributed by atoms with E-state index in [0.717, 1.165) is 11.1 Å². The molecule has 1 aromatic heterocycles. The molecule has 2 heterocycles. The van der Waals surface area contributed by atoms with Crippen LogP contribution in [0, 0.1) is 0 Å². The zero-order valence-corrected chi connectivity index (χ0v) is 15.8. The van der Waals surface area contributed by atoms with E-state index in [2.05, 4.69) is 15.4 Å². The molecule has 134 valence electrons. The monoisotopic (exact) mass is 408 g/mol. The topological polar surface area (TPSA) is 52.0 Å².